The van der Waals surface area contributed by atoms with Crippen molar-refractivity contribution >= 4 is 68.1 Å². The maximum Gasteiger partial charge on any atom is 0.343 e. The van der Waals surface area contributed by atoms with Gasteiger partial charge in [0.15, 0.2) is 34.5 Å². The Morgan fingerprint density at radius 1 is 0.244 bits per heavy atom. The molecule has 0 aromatic heterocycles. The highest BCUT2D eigenvalue weighted by Gasteiger charge is 2.27. The van der Waals surface area contributed by atoms with Crippen LogP contribution in [0.1, 0.15) is 67.7 Å². The largest absolute Gasteiger partial charge is 0.508 e. The molecule has 0 aliphatic heterocycles. The van der Waals surface area contributed by atoms with Gasteiger partial charge in [-0.05, 0) is 209 Å². The maximum absolute atomic E-state index is 14.0. The molecule has 0 fully saturated rings. The van der Waals surface area contributed by atoms with Gasteiger partial charge >= 0.3 is 35.8 Å². The second kappa shape index (κ2) is 21.0. The molecule has 10 rings (SSSR count). The van der Waals surface area contributed by atoms with E-state index >= 15 is 0 Å². The molecule has 0 saturated heterocycles. The van der Waals surface area contributed by atoms with Gasteiger partial charge in [0.25, 0.3) is 0 Å². The van der Waals surface area contributed by atoms with Crippen molar-refractivity contribution in [2.75, 3.05) is 0 Å². The van der Waals surface area contributed by atoms with Gasteiger partial charge in [-0.2, -0.15) is 0 Å². The molecule has 0 bridgehead atoms. The number of ether oxygens (including phenoxy) is 6. The third-order valence-electron chi connectivity index (χ3n) is 12.1. The molecular weight excluding hydrogens is 1000 g/mol. The Morgan fingerprint density at radius 2 is 0.385 bits per heavy atom. The van der Waals surface area contributed by atoms with Crippen molar-refractivity contribution < 1.29 is 82.7 Å². The predicted molar refractivity (Wildman–Crippen MR) is 280 cm³/mol. The number of esters is 6. The number of aryl methyl sites for hydroxylation is 1. The molecule has 0 heterocycles. The lowest BCUT2D eigenvalue weighted by Crippen LogP contribution is -2.13. The normalized spacial score (nSPS) is 10.9. The number of carbonyl (C=O) groups is 6. The van der Waals surface area contributed by atoms with Crippen LogP contribution in [0.25, 0.3) is 32.3 Å². The highest BCUT2D eigenvalue weighted by molar-refractivity contribution is 6.27. The van der Waals surface area contributed by atoms with Crippen LogP contribution in [0.5, 0.6) is 63.2 Å². The number of fused-ring (bicyclic) bond motifs is 6. The summed E-state index contributed by atoms with van der Waals surface area (Å²) in [4.78, 5) is 83.6. The van der Waals surface area contributed by atoms with Crippen LogP contribution in [0.4, 0.5) is 0 Å². The molecule has 0 unspecified atom stereocenters. The number of benzene rings is 10. The molecule has 0 saturated carbocycles. The first-order valence-corrected chi connectivity index (χ1v) is 23.4. The number of aromatic hydroxyl groups is 5. The van der Waals surface area contributed by atoms with E-state index in [1.54, 1.807) is 12.1 Å². The molecule has 384 valence electrons. The minimum atomic E-state index is -0.961. The second-order valence-corrected chi connectivity index (χ2v) is 17.5. The topological polar surface area (TPSA) is 259 Å². The Labute approximate surface area is 440 Å². The maximum atomic E-state index is 14.0. The molecule has 0 spiro atoms. The number of phenolic OH excluding ortho intramolecular Hbond substituents is 5. The van der Waals surface area contributed by atoms with E-state index in [4.69, 9.17) is 28.4 Å². The number of phenols is 5. The smallest absolute Gasteiger partial charge is 0.343 e. The van der Waals surface area contributed by atoms with Gasteiger partial charge in [0.1, 0.15) is 28.7 Å². The van der Waals surface area contributed by atoms with Crippen LogP contribution in [0.2, 0.25) is 0 Å². The first-order valence-electron chi connectivity index (χ1n) is 23.4. The van der Waals surface area contributed by atoms with Gasteiger partial charge in [-0.3, -0.25) is 0 Å². The molecule has 17 heteroatoms. The summed E-state index contributed by atoms with van der Waals surface area (Å²) in [5, 5.41) is 51.0. The predicted octanol–water partition coefficient (Wildman–Crippen LogP) is 11.3. The number of carbonyl (C=O) groups excluding carboxylic acids is 6. The molecule has 10 aromatic rings. The lowest BCUT2D eigenvalue weighted by Gasteiger charge is -2.19. The molecule has 0 aliphatic rings. The summed E-state index contributed by atoms with van der Waals surface area (Å²) < 4.78 is 35.9. The van der Waals surface area contributed by atoms with E-state index in [2.05, 4.69) is 0 Å². The number of rotatable bonds is 12. The van der Waals surface area contributed by atoms with E-state index < -0.39 is 35.8 Å². The van der Waals surface area contributed by atoms with E-state index in [9.17, 15) is 54.3 Å². The van der Waals surface area contributed by atoms with Crippen molar-refractivity contribution in [3.8, 4) is 63.2 Å². The van der Waals surface area contributed by atoms with E-state index in [0.29, 0.717) is 0 Å². The molecule has 0 atom stereocenters. The van der Waals surface area contributed by atoms with Crippen LogP contribution in [0.15, 0.2) is 182 Å². The van der Waals surface area contributed by atoms with E-state index in [0.717, 1.165) is 5.56 Å². The molecule has 0 amide bonds. The van der Waals surface area contributed by atoms with Crippen molar-refractivity contribution in [3.05, 3.63) is 221 Å². The van der Waals surface area contributed by atoms with Crippen molar-refractivity contribution in [2.24, 2.45) is 0 Å². The van der Waals surface area contributed by atoms with Gasteiger partial charge < -0.3 is 54.0 Å². The minimum Gasteiger partial charge on any atom is -0.508 e. The van der Waals surface area contributed by atoms with Crippen molar-refractivity contribution in [1.82, 2.24) is 0 Å². The van der Waals surface area contributed by atoms with Gasteiger partial charge in [0.2, 0.25) is 0 Å². The van der Waals surface area contributed by atoms with Crippen LogP contribution in [-0.4, -0.2) is 61.3 Å². The van der Waals surface area contributed by atoms with Crippen LogP contribution < -0.4 is 28.4 Å². The minimum absolute atomic E-state index is 0.00920. The highest BCUT2D eigenvalue weighted by atomic mass is 16.6. The standard InChI is InChI=1S/C61H38O17/c1-32-2-4-33(5-3-32)56(67)73-50-26-44-45(27-51(50)74-57(68)34-6-16-39(62)17-7-34)47-29-53(76-59(70)36-10-20-41(64)21-11-36)55(78-61(72)38-14-24-43(66)25-15-38)31-49(47)48-30-54(77-60(71)37-12-22-42(65)23-13-37)52(28-46(44)48)75-58(69)35-8-18-40(63)19-9-35/h2-31,62-66H,1H3. The SMILES string of the molecule is Cc1ccc(C(=O)Oc2cc3c(cc2OC(=O)c2ccc(O)cc2)c2cc(OC(=O)c4ccc(O)cc4)c(OC(=O)c4ccc(O)cc4)cc2c2cc(OC(=O)c4ccc(O)cc4)c(OC(=O)c4ccc(O)cc4)cc32)cc1. The molecule has 5 N–H and O–H groups in total. The van der Waals surface area contributed by atoms with E-state index in [-0.39, 0.29) is 129 Å². The van der Waals surface area contributed by atoms with Crippen LogP contribution >= 0.6 is 0 Å². The first kappa shape index (κ1) is 50.3. The van der Waals surface area contributed by atoms with E-state index in [1.807, 2.05) is 6.92 Å². The van der Waals surface area contributed by atoms with Crippen LogP contribution in [0.3, 0.4) is 0 Å². The molecule has 78 heavy (non-hydrogen) atoms. The number of hydrogen-bond donors (Lipinski definition) is 5. The molecule has 0 aliphatic carbocycles. The van der Waals surface area contributed by atoms with Gasteiger partial charge in [0.05, 0.1) is 33.4 Å². The summed E-state index contributed by atoms with van der Waals surface area (Å²) in [6, 6.07) is 40.2. The summed E-state index contributed by atoms with van der Waals surface area (Å²) in [7, 11) is 0. The average molecular weight is 1040 g/mol. The van der Waals surface area contributed by atoms with Crippen LogP contribution in [0, 0.1) is 6.92 Å². The second-order valence-electron chi connectivity index (χ2n) is 17.5. The third-order valence-corrected chi connectivity index (χ3v) is 12.1. The summed E-state index contributed by atoms with van der Waals surface area (Å²) in [5.74, 6) is -8.34. The van der Waals surface area contributed by atoms with Crippen molar-refractivity contribution in [1.29, 1.82) is 0 Å². The lowest BCUT2D eigenvalue weighted by molar-refractivity contribution is 0.0682. The average Bonchev–Trinajstić information content (AvgIpc) is 3.54. The third kappa shape index (κ3) is 10.7. The summed E-state index contributed by atoms with van der Waals surface area (Å²) in [5.41, 5.74) is 0.869. The Bertz CT molecular complexity index is 3330. The Balaban J connectivity index is 1.26. The molecule has 0 radical (unpaired) electrons. The lowest BCUT2D eigenvalue weighted by atomic mass is 9.93. The first-order chi connectivity index (χ1) is 37.5. The van der Waals surface area contributed by atoms with Crippen molar-refractivity contribution in [2.45, 2.75) is 6.92 Å². The van der Waals surface area contributed by atoms with Crippen LogP contribution in [-0.2, 0) is 0 Å². The van der Waals surface area contributed by atoms with Gasteiger partial charge in [-0.25, -0.2) is 28.8 Å². The Hall–Kier alpha value is -11.2. The zero-order chi connectivity index (χ0) is 54.8. The quantitative estimate of drug-likeness (QED) is 0.0433. The van der Waals surface area contributed by atoms with Crippen molar-refractivity contribution in [3.63, 3.8) is 0 Å². The fourth-order valence-electron chi connectivity index (χ4n) is 8.13. The van der Waals surface area contributed by atoms with Gasteiger partial charge in [-0.1, -0.05) is 17.7 Å². The van der Waals surface area contributed by atoms with E-state index in [1.165, 1.54) is 170 Å². The fraction of sp³-hybridized carbons (Fsp3) is 0.0164. The Morgan fingerprint density at radius 3 is 0.538 bits per heavy atom. The summed E-state index contributed by atoms with van der Waals surface area (Å²) >= 11 is 0. The monoisotopic (exact) mass is 1040 g/mol. The van der Waals surface area contributed by atoms with Gasteiger partial charge in [0, 0.05) is 0 Å². The Kier molecular flexibility index (Phi) is 13.5. The summed E-state index contributed by atoms with van der Waals surface area (Å²) in [6.45, 7) is 1.83. The molecule has 10 aromatic carbocycles. The number of hydrogen-bond acceptors (Lipinski definition) is 17. The zero-order valence-corrected chi connectivity index (χ0v) is 40.5. The highest BCUT2D eigenvalue weighted by Crippen LogP contribution is 2.48. The fourth-order valence-corrected chi connectivity index (χ4v) is 8.13. The van der Waals surface area contributed by atoms with Gasteiger partial charge in [-0.15, -0.1) is 0 Å². The molecular formula is C61H38O17. The zero-order valence-electron chi connectivity index (χ0n) is 40.5. The summed E-state index contributed by atoms with van der Waals surface area (Å²) in [6.07, 6.45) is 0. The molecule has 17 nitrogen and oxygen atoms in total.